The SMILES string of the molecule is O=C(Nc1ccc(C(=O)NCc2ccccc2Cl)s1)c1ccco1. The van der Waals surface area contributed by atoms with E-state index >= 15 is 0 Å². The lowest BCUT2D eigenvalue weighted by Gasteiger charge is -2.05. The van der Waals surface area contributed by atoms with Gasteiger partial charge in [0.25, 0.3) is 11.8 Å². The van der Waals surface area contributed by atoms with E-state index in [-0.39, 0.29) is 17.6 Å². The normalized spacial score (nSPS) is 10.4. The molecule has 2 aromatic heterocycles. The van der Waals surface area contributed by atoms with Crippen LogP contribution in [0, 0.1) is 0 Å². The lowest BCUT2D eigenvalue weighted by atomic mass is 10.2. The number of thiophene rings is 1. The number of carbonyl (C=O) groups is 2. The summed E-state index contributed by atoms with van der Waals surface area (Å²) in [5, 5.41) is 6.67. The van der Waals surface area contributed by atoms with Crippen LogP contribution in [0.15, 0.2) is 59.2 Å². The number of hydrogen-bond acceptors (Lipinski definition) is 4. The van der Waals surface area contributed by atoms with E-state index in [0.29, 0.717) is 21.4 Å². The molecule has 122 valence electrons. The predicted octanol–water partition coefficient (Wildman–Crippen LogP) is 4.18. The minimum absolute atomic E-state index is 0.216. The number of carbonyl (C=O) groups excluding carboxylic acids is 2. The number of halogens is 1. The van der Waals surface area contributed by atoms with Crippen LogP contribution in [0.2, 0.25) is 5.02 Å². The predicted molar refractivity (Wildman–Crippen MR) is 93.6 cm³/mol. The molecule has 0 fully saturated rings. The fourth-order valence-electron chi connectivity index (χ4n) is 2.01. The third-order valence-corrected chi connectivity index (χ3v) is 4.58. The Bertz CT molecular complexity index is 858. The number of nitrogens with one attached hydrogen (secondary N) is 2. The zero-order valence-electron chi connectivity index (χ0n) is 12.4. The molecule has 3 rings (SSSR count). The van der Waals surface area contributed by atoms with Crippen LogP contribution in [0.3, 0.4) is 0 Å². The minimum Gasteiger partial charge on any atom is -0.459 e. The summed E-state index contributed by atoms with van der Waals surface area (Å²) in [5.41, 5.74) is 0.843. The van der Waals surface area contributed by atoms with Crippen molar-refractivity contribution < 1.29 is 14.0 Å². The molecule has 0 aliphatic rings. The van der Waals surface area contributed by atoms with Gasteiger partial charge in [0.1, 0.15) is 0 Å². The van der Waals surface area contributed by atoms with Crippen molar-refractivity contribution in [2.45, 2.75) is 6.54 Å². The van der Waals surface area contributed by atoms with Crippen LogP contribution in [-0.2, 0) is 6.54 Å². The number of anilines is 1. The molecule has 24 heavy (non-hydrogen) atoms. The van der Waals surface area contributed by atoms with E-state index in [1.807, 2.05) is 18.2 Å². The van der Waals surface area contributed by atoms with Gasteiger partial charge in [0.2, 0.25) is 0 Å². The first-order valence-corrected chi connectivity index (χ1v) is 8.29. The van der Waals surface area contributed by atoms with Gasteiger partial charge in [-0.3, -0.25) is 9.59 Å². The molecule has 0 saturated heterocycles. The summed E-state index contributed by atoms with van der Waals surface area (Å²) in [5.74, 6) is -0.364. The molecule has 2 heterocycles. The third-order valence-electron chi connectivity index (χ3n) is 3.21. The topological polar surface area (TPSA) is 71.3 Å². The number of furan rings is 1. The van der Waals surface area contributed by atoms with Crippen molar-refractivity contribution >= 4 is 39.8 Å². The van der Waals surface area contributed by atoms with Crippen molar-refractivity contribution in [3.63, 3.8) is 0 Å². The van der Waals surface area contributed by atoms with Crippen molar-refractivity contribution in [3.05, 3.63) is 76.0 Å². The summed E-state index contributed by atoms with van der Waals surface area (Å²) < 4.78 is 5.02. The van der Waals surface area contributed by atoms with Crippen molar-refractivity contribution in [3.8, 4) is 0 Å². The maximum atomic E-state index is 12.2. The van der Waals surface area contributed by atoms with E-state index in [1.165, 1.54) is 17.6 Å². The lowest BCUT2D eigenvalue weighted by molar-refractivity contribution is 0.0953. The quantitative estimate of drug-likeness (QED) is 0.717. The van der Waals surface area contributed by atoms with Crippen molar-refractivity contribution in [2.75, 3.05) is 5.32 Å². The Hall–Kier alpha value is -2.57. The number of hydrogen-bond donors (Lipinski definition) is 2. The average molecular weight is 361 g/mol. The van der Waals surface area contributed by atoms with Gasteiger partial charge in [0.05, 0.1) is 16.1 Å². The number of benzene rings is 1. The second-order valence-corrected chi connectivity index (χ2v) is 6.36. The summed E-state index contributed by atoms with van der Waals surface area (Å²) >= 11 is 7.25. The van der Waals surface area contributed by atoms with Gasteiger partial charge in [-0.1, -0.05) is 29.8 Å². The first-order chi connectivity index (χ1) is 11.6. The third kappa shape index (κ3) is 3.84. The van der Waals surface area contributed by atoms with Crippen LogP contribution >= 0.6 is 22.9 Å². The standard InChI is InChI=1S/C17H13ClN2O3S/c18-12-5-2-1-4-11(12)10-19-17(22)14-7-8-15(24-14)20-16(21)13-6-3-9-23-13/h1-9H,10H2,(H,19,22)(H,20,21). The Morgan fingerprint density at radius 3 is 2.62 bits per heavy atom. The highest BCUT2D eigenvalue weighted by molar-refractivity contribution is 7.18. The average Bonchev–Trinajstić information content (AvgIpc) is 3.25. The highest BCUT2D eigenvalue weighted by Gasteiger charge is 2.13. The van der Waals surface area contributed by atoms with Crippen LogP contribution in [-0.4, -0.2) is 11.8 Å². The molecule has 0 aliphatic heterocycles. The zero-order chi connectivity index (χ0) is 16.9. The molecule has 5 nitrogen and oxygen atoms in total. The van der Waals surface area contributed by atoms with E-state index in [9.17, 15) is 9.59 Å². The van der Waals surface area contributed by atoms with E-state index < -0.39 is 0 Å². The minimum atomic E-state index is -0.357. The summed E-state index contributed by atoms with van der Waals surface area (Å²) in [6.45, 7) is 0.338. The van der Waals surface area contributed by atoms with E-state index in [0.717, 1.165) is 5.56 Å². The van der Waals surface area contributed by atoms with Crippen LogP contribution in [0.25, 0.3) is 0 Å². The second-order valence-electron chi connectivity index (χ2n) is 4.87. The molecular weight excluding hydrogens is 348 g/mol. The first-order valence-electron chi connectivity index (χ1n) is 7.10. The van der Waals surface area contributed by atoms with Crippen LogP contribution in [0.1, 0.15) is 25.8 Å². The largest absolute Gasteiger partial charge is 0.459 e. The highest BCUT2D eigenvalue weighted by atomic mass is 35.5. The Morgan fingerprint density at radius 2 is 1.88 bits per heavy atom. The Kier molecular flexibility index (Phi) is 4.98. The van der Waals surface area contributed by atoms with Crippen LogP contribution in [0.4, 0.5) is 5.00 Å². The van der Waals surface area contributed by atoms with Gasteiger partial charge in [0.15, 0.2) is 5.76 Å². The maximum Gasteiger partial charge on any atom is 0.291 e. The van der Waals surface area contributed by atoms with Crippen molar-refractivity contribution in [1.82, 2.24) is 5.32 Å². The Balaban J connectivity index is 1.59. The van der Waals surface area contributed by atoms with Gasteiger partial charge in [0, 0.05) is 11.6 Å². The second kappa shape index (κ2) is 7.33. The molecule has 0 radical (unpaired) electrons. The van der Waals surface area contributed by atoms with Crippen molar-refractivity contribution in [2.24, 2.45) is 0 Å². The van der Waals surface area contributed by atoms with Gasteiger partial charge in [-0.05, 0) is 35.9 Å². The molecule has 0 aliphatic carbocycles. The van der Waals surface area contributed by atoms with E-state index in [4.69, 9.17) is 16.0 Å². The highest BCUT2D eigenvalue weighted by Crippen LogP contribution is 2.23. The zero-order valence-corrected chi connectivity index (χ0v) is 14.0. The lowest BCUT2D eigenvalue weighted by Crippen LogP contribution is -2.21. The fourth-order valence-corrected chi connectivity index (χ4v) is 3.03. The van der Waals surface area contributed by atoms with Gasteiger partial charge in [-0.25, -0.2) is 0 Å². The molecule has 7 heteroatoms. The molecule has 2 N–H and O–H groups in total. The van der Waals surface area contributed by atoms with E-state index in [2.05, 4.69) is 10.6 Å². The molecular formula is C17H13ClN2O3S. The van der Waals surface area contributed by atoms with Crippen LogP contribution < -0.4 is 10.6 Å². The maximum absolute atomic E-state index is 12.2. The summed E-state index contributed by atoms with van der Waals surface area (Å²) in [6.07, 6.45) is 1.43. The van der Waals surface area contributed by atoms with Crippen LogP contribution in [0.5, 0.6) is 0 Å². The monoisotopic (exact) mass is 360 g/mol. The Labute approximate surface area is 147 Å². The van der Waals surface area contributed by atoms with Crippen molar-refractivity contribution in [1.29, 1.82) is 0 Å². The molecule has 0 unspecified atom stereocenters. The smallest absolute Gasteiger partial charge is 0.291 e. The fraction of sp³-hybridized carbons (Fsp3) is 0.0588. The van der Waals surface area contributed by atoms with Gasteiger partial charge in [-0.2, -0.15) is 0 Å². The van der Waals surface area contributed by atoms with Gasteiger partial charge in [-0.15, -0.1) is 11.3 Å². The molecule has 3 aromatic rings. The molecule has 0 bridgehead atoms. The summed E-state index contributed by atoms with van der Waals surface area (Å²) in [7, 11) is 0. The Morgan fingerprint density at radius 1 is 1.04 bits per heavy atom. The summed E-state index contributed by atoms with van der Waals surface area (Å²) in [6, 6.07) is 13.9. The van der Waals surface area contributed by atoms with E-state index in [1.54, 1.807) is 30.3 Å². The van der Waals surface area contributed by atoms with Gasteiger partial charge < -0.3 is 15.1 Å². The summed E-state index contributed by atoms with van der Waals surface area (Å²) in [4.78, 5) is 24.6. The number of rotatable bonds is 5. The molecule has 0 atom stereocenters. The number of amides is 2. The first kappa shape index (κ1) is 16.3. The van der Waals surface area contributed by atoms with Gasteiger partial charge >= 0.3 is 0 Å². The molecule has 0 saturated carbocycles. The molecule has 2 amide bonds. The molecule has 1 aromatic carbocycles. The molecule has 0 spiro atoms.